The van der Waals surface area contributed by atoms with Crippen molar-refractivity contribution in [1.82, 2.24) is 20.9 Å². The number of carbonyl (C=O) groups excluding carboxylic acids is 1. The molecular weight excluding hydrogens is 345 g/mol. The minimum atomic E-state index is -0.474. The van der Waals surface area contributed by atoms with Gasteiger partial charge in [0.05, 0.1) is 17.7 Å². The van der Waals surface area contributed by atoms with Crippen LogP contribution in [0.2, 0.25) is 0 Å². The molecule has 3 N–H and O–H groups in total. The van der Waals surface area contributed by atoms with Crippen LogP contribution in [0.3, 0.4) is 0 Å². The monoisotopic (exact) mass is 373 g/mol. The molecule has 1 aliphatic heterocycles. The topological polar surface area (TPSA) is 80.2 Å². The first-order valence-corrected chi connectivity index (χ1v) is 9.78. The highest BCUT2D eigenvalue weighted by Crippen LogP contribution is 2.24. The van der Waals surface area contributed by atoms with Gasteiger partial charge in [0, 0.05) is 43.8 Å². The molecule has 1 aliphatic carbocycles. The third-order valence-corrected chi connectivity index (χ3v) is 5.64. The van der Waals surface area contributed by atoms with Crippen LogP contribution in [0, 0.1) is 17.1 Å². The van der Waals surface area contributed by atoms with Crippen molar-refractivity contribution in [2.24, 2.45) is 0 Å². The second-order valence-electron chi connectivity index (χ2n) is 7.48. The molecule has 1 aromatic rings. The van der Waals surface area contributed by atoms with Crippen LogP contribution in [0.25, 0.3) is 0 Å². The Hall–Kier alpha value is -2.17. The van der Waals surface area contributed by atoms with E-state index in [9.17, 15) is 9.18 Å². The first-order chi connectivity index (χ1) is 13.1. The predicted molar refractivity (Wildman–Crippen MR) is 102 cm³/mol. The quantitative estimate of drug-likeness (QED) is 0.756. The van der Waals surface area contributed by atoms with E-state index < -0.39 is 11.9 Å². The number of amides is 2. The molecule has 0 bridgehead atoms. The van der Waals surface area contributed by atoms with E-state index in [2.05, 4.69) is 20.9 Å². The number of urea groups is 1. The van der Waals surface area contributed by atoms with Gasteiger partial charge in [-0.25, -0.2) is 9.18 Å². The molecule has 2 fully saturated rings. The summed E-state index contributed by atoms with van der Waals surface area (Å²) in [4.78, 5) is 14.9. The summed E-state index contributed by atoms with van der Waals surface area (Å²) in [6.07, 6.45) is 4.15. The second-order valence-corrected chi connectivity index (χ2v) is 7.48. The first kappa shape index (κ1) is 19.6. The number of nitrogens with zero attached hydrogens (tertiary/aromatic N) is 2. The van der Waals surface area contributed by atoms with E-state index >= 15 is 0 Å². The number of nitriles is 1. The van der Waals surface area contributed by atoms with Crippen LogP contribution in [0.4, 0.5) is 9.18 Å². The number of halogens is 1. The lowest BCUT2D eigenvalue weighted by Gasteiger charge is -2.39. The average molecular weight is 373 g/mol. The lowest BCUT2D eigenvalue weighted by atomic mass is 9.90. The van der Waals surface area contributed by atoms with Gasteiger partial charge in [-0.1, -0.05) is 6.07 Å². The Bertz CT molecular complexity index is 690. The Labute approximate surface area is 160 Å². The number of benzene rings is 1. The number of nitrogens with one attached hydrogen (secondary N) is 3. The summed E-state index contributed by atoms with van der Waals surface area (Å²) in [6, 6.07) is 6.28. The van der Waals surface area contributed by atoms with Crippen LogP contribution < -0.4 is 16.0 Å². The minimum Gasteiger partial charge on any atom is -0.335 e. The maximum atomic E-state index is 14.1. The molecule has 1 atom stereocenters. The molecule has 3 rings (SSSR count). The van der Waals surface area contributed by atoms with E-state index in [-0.39, 0.29) is 17.6 Å². The highest BCUT2D eigenvalue weighted by atomic mass is 19.1. The molecule has 2 aliphatic rings. The molecule has 1 unspecified atom stereocenters. The van der Waals surface area contributed by atoms with Crippen molar-refractivity contribution in [3.8, 4) is 6.07 Å². The number of piperazine rings is 1. The second kappa shape index (κ2) is 9.16. The van der Waals surface area contributed by atoms with Crippen molar-refractivity contribution in [2.75, 3.05) is 26.2 Å². The molecule has 0 aromatic heterocycles. The van der Waals surface area contributed by atoms with Gasteiger partial charge in [-0.3, -0.25) is 4.90 Å². The molecule has 2 amide bonds. The van der Waals surface area contributed by atoms with Crippen molar-refractivity contribution in [1.29, 1.82) is 5.26 Å². The molecule has 146 valence electrons. The third kappa shape index (κ3) is 5.18. The maximum absolute atomic E-state index is 14.1. The van der Waals surface area contributed by atoms with E-state index in [4.69, 9.17) is 5.26 Å². The summed E-state index contributed by atoms with van der Waals surface area (Å²) >= 11 is 0. The summed E-state index contributed by atoms with van der Waals surface area (Å²) in [6.45, 7) is 6.08. The van der Waals surface area contributed by atoms with Gasteiger partial charge in [0.2, 0.25) is 0 Å². The Balaban J connectivity index is 1.45. The van der Waals surface area contributed by atoms with Crippen LogP contribution in [0.15, 0.2) is 18.2 Å². The van der Waals surface area contributed by atoms with Crippen LogP contribution in [-0.4, -0.2) is 49.2 Å². The molecule has 7 heteroatoms. The Kier molecular flexibility index (Phi) is 6.64. The highest BCUT2D eigenvalue weighted by Gasteiger charge is 2.27. The average Bonchev–Trinajstić information content (AvgIpc) is 2.69. The van der Waals surface area contributed by atoms with Gasteiger partial charge in [0.25, 0.3) is 0 Å². The zero-order chi connectivity index (χ0) is 19.2. The van der Waals surface area contributed by atoms with Crippen LogP contribution in [0.1, 0.15) is 49.8 Å². The van der Waals surface area contributed by atoms with Gasteiger partial charge in [-0.05, 0) is 44.7 Å². The van der Waals surface area contributed by atoms with E-state index in [1.807, 2.05) is 6.07 Å². The maximum Gasteiger partial charge on any atom is 0.315 e. The smallest absolute Gasteiger partial charge is 0.315 e. The fourth-order valence-electron chi connectivity index (χ4n) is 4.08. The standard InChI is InChI=1S/C20H28FN5O/c1-14(18-7-2-15(13-22)12-19(18)21)24-20(27)25-16-3-5-17(6-4-16)26-10-8-23-9-11-26/h2,7,12,14,16-17,23H,3-6,8-11H2,1H3,(H2,24,25,27). The van der Waals surface area contributed by atoms with E-state index in [1.54, 1.807) is 19.1 Å². The fourth-order valence-corrected chi connectivity index (χ4v) is 4.08. The molecule has 1 saturated heterocycles. The van der Waals surface area contributed by atoms with E-state index in [0.29, 0.717) is 11.6 Å². The fraction of sp³-hybridized carbons (Fsp3) is 0.600. The molecular formula is C20H28FN5O. The van der Waals surface area contributed by atoms with Crippen molar-refractivity contribution in [2.45, 2.75) is 50.7 Å². The molecule has 0 radical (unpaired) electrons. The molecule has 6 nitrogen and oxygen atoms in total. The number of hydrogen-bond donors (Lipinski definition) is 3. The molecule has 27 heavy (non-hydrogen) atoms. The van der Waals surface area contributed by atoms with Gasteiger partial charge in [0.1, 0.15) is 5.82 Å². The largest absolute Gasteiger partial charge is 0.335 e. The van der Waals surface area contributed by atoms with E-state index in [1.165, 1.54) is 6.07 Å². The van der Waals surface area contributed by atoms with Crippen LogP contribution >= 0.6 is 0 Å². The zero-order valence-electron chi connectivity index (χ0n) is 15.8. The SMILES string of the molecule is CC(NC(=O)NC1CCC(N2CCNCC2)CC1)c1ccc(C#N)cc1F. The normalized spacial score (nSPS) is 24.6. The molecule has 1 heterocycles. The van der Waals surface area contributed by atoms with Crippen LogP contribution in [0.5, 0.6) is 0 Å². The molecule has 1 saturated carbocycles. The summed E-state index contributed by atoms with van der Waals surface area (Å²) in [5.74, 6) is -0.474. The Morgan fingerprint density at radius 1 is 1.30 bits per heavy atom. The lowest BCUT2D eigenvalue weighted by molar-refractivity contribution is 0.129. The van der Waals surface area contributed by atoms with Gasteiger partial charge in [-0.15, -0.1) is 0 Å². The minimum absolute atomic E-state index is 0.169. The van der Waals surface area contributed by atoms with Gasteiger partial charge in [0.15, 0.2) is 0 Å². The Morgan fingerprint density at radius 2 is 2.00 bits per heavy atom. The number of hydrogen-bond acceptors (Lipinski definition) is 4. The van der Waals surface area contributed by atoms with Gasteiger partial charge < -0.3 is 16.0 Å². The van der Waals surface area contributed by atoms with Gasteiger partial charge in [-0.2, -0.15) is 5.26 Å². The highest BCUT2D eigenvalue weighted by molar-refractivity contribution is 5.74. The summed E-state index contributed by atoms with van der Waals surface area (Å²) in [7, 11) is 0. The van der Waals surface area contributed by atoms with Crippen molar-refractivity contribution in [3.63, 3.8) is 0 Å². The molecule has 0 spiro atoms. The van der Waals surface area contributed by atoms with Crippen molar-refractivity contribution < 1.29 is 9.18 Å². The summed E-state index contributed by atoms with van der Waals surface area (Å²) in [5, 5.41) is 18.0. The van der Waals surface area contributed by atoms with Crippen LogP contribution in [-0.2, 0) is 0 Å². The summed E-state index contributed by atoms with van der Waals surface area (Å²) < 4.78 is 14.1. The van der Waals surface area contributed by atoms with Crippen molar-refractivity contribution in [3.05, 3.63) is 35.1 Å². The predicted octanol–water partition coefficient (Wildman–Crippen LogP) is 2.27. The molecule has 1 aromatic carbocycles. The van der Waals surface area contributed by atoms with E-state index in [0.717, 1.165) is 51.9 Å². The Morgan fingerprint density at radius 3 is 2.63 bits per heavy atom. The third-order valence-electron chi connectivity index (χ3n) is 5.64. The summed E-state index contributed by atoms with van der Waals surface area (Å²) in [5.41, 5.74) is 0.653. The lowest BCUT2D eigenvalue weighted by Crippen LogP contribution is -2.51. The number of rotatable bonds is 4. The number of carbonyl (C=O) groups is 1. The van der Waals surface area contributed by atoms with Crippen molar-refractivity contribution >= 4 is 6.03 Å². The first-order valence-electron chi connectivity index (χ1n) is 9.78. The van der Waals surface area contributed by atoms with Gasteiger partial charge >= 0.3 is 6.03 Å². The zero-order valence-corrected chi connectivity index (χ0v) is 15.8.